The highest BCUT2D eigenvalue weighted by Gasteiger charge is 1.96. The minimum atomic E-state index is 0.430. The molecule has 0 amide bonds. The zero-order valence-electron chi connectivity index (χ0n) is 9.39. The smallest absolute Gasteiger partial charge is 0.103 e. The van der Waals surface area contributed by atoms with Gasteiger partial charge in [-0.05, 0) is 29.8 Å². The molecule has 0 heterocycles. The van der Waals surface area contributed by atoms with E-state index >= 15 is 0 Å². The van der Waals surface area contributed by atoms with E-state index in [0.29, 0.717) is 4.99 Å². The molecule has 86 valence electrons. The number of hydrogen-bond donors (Lipinski definition) is 2. The van der Waals surface area contributed by atoms with Crippen molar-refractivity contribution >= 4 is 22.9 Å². The summed E-state index contributed by atoms with van der Waals surface area (Å²) in [5, 5.41) is 3.34. The highest BCUT2D eigenvalue weighted by atomic mass is 32.1. The second kappa shape index (κ2) is 5.46. The number of nitrogens with one attached hydrogen (secondary N) is 1. The lowest BCUT2D eigenvalue weighted by Crippen LogP contribution is -2.09. The van der Waals surface area contributed by atoms with Crippen molar-refractivity contribution in [1.29, 1.82) is 0 Å². The summed E-state index contributed by atoms with van der Waals surface area (Å²) in [5.74, 6) is 0. The van der Waals surface area contributed by atoms with E-state index in [-0.39, 0.29) is 0 Å². The first-order valence-electron chi connectivity index (χ1n) is 5.43. The monoisotopic (exact) mass is 242 g/mol. The lowest BCUT2D eigenvalue weighted by Gasteiger charge is -2.07. The first-order valence-corrected chi connectivity index (χ1v) is 5.84. The Balaban J connectivity index is 1.98. The predicted octanol–water partition coefficient (Wildman–Crippen LogP) is 2.93. The van der Waals surface area contributed by atoms with Crippen LogP contribution in [0.5, 0.6) is 0 Å². The fraction of sp³-hybridized carbons (Fsp3) is 0.0714. The van der Waals surface area contributed by atoms with Gasteiger partial charge in [0.1, 0.15) is 4.99 Å². The van der Waals surface area contributed by atoms with Crippen LogP contribution in [0.2, 0.25) is 0 Å². The summed E-state index contributed by atoms with van der Waals surface area (Å²) in [4.78, 5) is 0.430. The summed E-state index contributed by atoms with van der Waals surface area (Å²) < 4.78 is 0. The van der Waals surface area contributed by atoms with Crippen molar-refractivity contribution in [2.24, 2.45) is 5.73 Å². The van der Waals surface area contributed by atoms with Crippen molar-refractivity contribution in [3.8, 4) is 0 Å². The summed E-state index contributed by atoms with van der Waals surface area (Å²) in [6, 6.07) is 18.1. The molecule has 2 aromatic carbocycles. The molecule has 0 aromatic heterocycles. The van der Waals surface area contributed by atoms with Crippen LogP contribution in [0.4, 0.5) is 5.69 Å². The Morgan fingerprint density at radius 2 is 1.65 bits per heavy atom. The molecule has 0 fully saturated rings. The molecule has 0 spiro atoms. The predicted molar refractivity (Wildman–Crippen MR) is 76.1 cm³/mol. The molecule has 0 bridgehead atoms. The molecule has 0 saturated carbocycles. The van der Waals surface area contributed by atoms with Crippen molar-refractivity contribution in [2.75, 3.05) is 5.32 Å². The third-order valence-electron chi connectivity index (χ3n) is 2.51. The van der Waals surface area contributed by atoms with Crippen LogP contribution < -0.4 is 11.1 Å². The van der Waals surface area contributed by atoms with Gasteiger partial charge in [-0.1, -0.05) is 42.5 Å². The van der Waals surface area contributed by atoms with Gasteiger partial charge in [-0.2, -0.15) is 0 Å². The Kier molecular flexibility index (Phi) is 3.73. The number of anilines is 1. The molecule has 0 aliphatic rings. The third-order valence-corrected chi connectivity index (χ3v) is 2.74. The van der Waals surface area contributed by atoms with Gasteiger partial charge in [0.25, 0.3) is 0 Å². The summed E-state index contributed by atoms with van der Waals surface area (Å²) in [6.45, 7) is 0.813. The summed E-state index contributed by atoms with van der Waals surface area (Å²) in [5.41, 5.74) is 8.75. The average molecular weight is 242 g/mol. The normalized spacial score (nSPS) is 9.88. The first-order chi connectivity index (χ1) is 8.25. The van der Waals surface area contributed by atoms with Crippen molar-refractivity contribution in [2.45, 2.75) is 6.54 Å². The molecule has 2 nitrogen and oxygen atoms in total. The molecule has 0 aliphatic carbocycles. The van der Waals surface area contributed by atoms with E-state index in [1.54, 1.807) is 0 Å². The van der Waals surface area contributed by atoms with Crippen LogP contribution in [0.3, 0.4) is 0 Å². The maximum absolute atomic E-state index is 5.54. The molecular formula is C14H14N2S. The van der Waals surface area contributed by atoms with Crippen LogP contribution in [-0.4, -0.2) is 4.99 Å². The van der Waals surface area contributed by atoms with Crippen LogP contribution in [0.15, 0.2) is 54.6 Å². The molecule has 3 heteroatoms. The Labute approximate surface area is 106 Å². The molecule has 0 saturated heterocycles. The highest BCUT2D eigenvalue weighted by molar-refractivity contribution is 7.80. The first kappa shape index (κ1) is 11.6. The van der Waals surface area contributed by atoms with E-state index < -0.39 is 0 Å². The van der Waals surface area contributed by atoms with Gasteiger partial charge in [0.2, 0.25) is 0 Å². The topological polar surface area (TPSA) is 38.0 Å². The third kappa shape index (κ3) is 3.29. The van der Waals surface area contributed by atoms with E-state index in [2.05, 4.69) is 17.4 Å². The Morgan fingerprint density at radius 1 is 1.00 bits per heavy atom. The summed E-state index contributed by atoms with van der Waals surface area (Å²) in [7, 11) is 0. The van der Waals surface area contributed by atoms with Crippen LogP contribution in [-0.2, 0) is 6.54 Å². The zero-order chi connectivity index (χ0) is 12.1. The van der Waals surface area contributed by atoms with Gasteiger partial charge < -0.3 is 11.1 Å². The molecule has 3 N–H and O–H groups in total. The molecule has 2 rings (SSSR count). The van der Waals surface area contributed by atoms with E-state index in [1.807, 2.05) is 42.5 Å². The number of thiocarbonyl (C=S) groups is 1. The molecule has 0 radical (unpaired) electrons. The molecule has 0 atom stereocenters. The maximum atomic E-state index is 5.54. The van der Waals surface area contributed by atoms with Crippen LogP contribution >= 0.6 is 12.2 Å². The Hall–Kier alpha value is -1.87. The summed E-state index contributed by atoms with van der Waals surface area (Å²) >= 11 is 4.90. The van der Waals surface area contributed by atoms with Crippen LogP contribution in [0.1, 0.15) is 11.1 Å². The molecule has 17 heavy (non-hydrogen) atoms. The molecule has 0 unspecified atom stereocenters. The zero-order valence-corrected chi connectivity index (χ0v) is 10.2. The second-order valence-corrected chi connectivity index (χ2v) is 4.22. The fourth-order valence-electron chi connectivity index (χ4n) is 1.55. The van der Waals surface area contributed by atoms with E-state index in [4.69, 9.17) is 18.0 Å². The second-order valence-electron chi connectivity index (χ2n) is 3.78. The lowest BCUT2D eigenvalue weighted by atomic mass is 10.2. The van der Waals surface area contributed by atoms with Gasteiger partial charge >= 0.3 is 0 Å². The van der Waals surface area contributed by atoms with Gasteiger partial charge in [-0.25, -0.2) is 0 Å². The lowest BCUT2D eigenvalue weighted by molar-refractivity contribution is 1.15. The van der Waals surface area contributed by atoms with Crippen molar-refractivity contribution in [3.63, 3.8) is 0 Å². The largest absolute Gasteiger partial charge is 0.389 e. The van der Waals surface area contributed by atoms with Gasteiger partial charge in [-0.15, -0.1) is 0 Å². The van der Waals surface area contributed by atoms with Gasteiger partial charge in [-0.3, -0.25) is 0 Å². The standard InChI is InChI=1S/C14H14N2S/c15-14(17)12-6-8-13(9-7-12)16-10-11-4-2-1-3-5-11/h1-9,16H,10H2,(H2,15,17). The molecule has 2 aromatic rings. The van der Waals surface area contributed by atoms with Gasteiger partial charge in [0, 0.05) is 17.8 Å². The van der Waals surface area contributed by atoms with E-state index in [0.717, 1.165) is 17.8 Å². The maximum Gasteiger partial charge on any atom is 0.103 e. The van der Waals surface area contributed by atoms with Gasteiger partial charge in [0.15, 0.2) is 0 Å². The number of benzene rings is 2. The minimum Gasteiger partial charge on any atom is -0.389 e. The van der Waals surface area contributed by atoms with Gasteiger partial charge in [0.05, 0.1) is 0 Å². The molecule has 0 aliphatic heterocycles. The Bertz CT molecular complexity index is 491. The van der Waals surface area contributed by atoms with Crippen molar-refractivity contribution in [3.05, 3.63) is 65.7 Å². The van der Waals surface area contributed by atoms with E-state index in [1.165, 1.54) is 5.56 Å². The van der Waals surface area contributed by atoms with E-state index in [9.17, 15) is 0 Å². The van der Waals surface area contributed by atoms with Crippen LogP contribution in [0, 0.1) is 0 Å². The SMILES string of the molecule is NC(=S)c1ccc(NCc2ccccc2)cc1. The quantitative estimate of drug-likeness (QED) is 0.810. The van der Waals surface area contributed by atoms with Crippen molar-refractivity contribution in [1.82, 2.24) is 0 Å². The fourth-order valence-corrected chi connectivity index (χ4v) is 1.69. The minimum absolute atomic E-state index is 0.430. The summed E-state index contributed by atoms with van der Waals surface area (Å²) in [6.07, 6.45) is 0. The van der Waals surface area contributed by atoms with Crippen molar-refractivity contribution < 1.29 is 0 Å². The van der Waals surface area contributed by atoms with Crippen LogP contribution in [0.25, 0.3) is 0 Å². The highest BCUT2D eigenvalue weighted by Crippen LogP contribution is 2.11. The number of hydrogen-bond acceptors (Lipinski definition) is 2. The average Bonchev–Trinajstić information content (AvgIpc) is 2.38. The number of nitrogens with two attached hydrogens (primary N) is 1. The Morgan fingerprint density at radius 3 is 2.24 bits per heavy atom. The molecular weight excluding hydrogens is 228 g/mol. The number of rotatable bonds is 4.